The summed E-state index contributed by atoms with van der Waals surface area (Å²) in [4.78, 5) is 26.3. The van der Waals surface area contributed by atoms with E-state index >= 15 is 0 Å². The first-order valence-corrected chi connectivity index (χ1v) is 15.0. The number of epoxide rings is 1. The quantitative estimate of drug-likeness (QED) is 0.401. The van der Waals surface area contributed by atoms with Gasteiger partial charge in [-0.05, 0) is 79.7 Å². The molecule has 0 amide bonds. The molecule has 39 heavy (non-hydrogen) atoms. The van der Waals surface area contributed by atoms with E-state index in [0.717, 1.165) is 76.9 Å². The summed E-state index contributed by atoms with van der Waals surface area (Å²) in [6.07, 6.45) is 12.3. The fraction of sp³-hybridized carbons (Fsp3) is 0.774. The molecule has 0 aromatic carbocycles. The largest absolute Gasteiger partial charge is 0.508 e. The molecule has 8 nitrogen and oxygen atoms in total. The molecule has 6 aliphatic rings. The summed E-state index contributed by atoms with van der Waals surface area (Å²) in [6, 6.07) is 3.43. The van der Waals surface area contributed by atoms with E-state index in [2.05, 4.69) is 25.2 Å². The molecular formula is C31H41NO7. The second-order valence-electron chi connectivity index (χ2n) is 13.3. The third-order valence-corrected chi connectivity index (χ3v) is 11.7. The maximum Gasteiger partial charge on any atom is 0.508 e. The van der Waals surface area contributed by atoms with Crippen LogP contribution in [0.5, 0.6) is 0 Å². The highest BCUT2D eigenvalue weighted by Gasteiger charge is 2.81. The molecular weight excluding hydrogens is 498 g/mol. The van der Waals surface area contributed by atoms with Gasteiger partial charge in [0.1, 0.15) is 18.3 Å². The van der Waals surface area contributed by atoms with Crippen molar-refractivity contribution in [1.82, 2.24) is 4.90 Å². The summed E-state index contributed by atoms with van der Waals surface area (Å²) in [5.74, 6) is 1.79. The van der Waals surface area contributed by atoms with Crippen LogP contribution in [-0.2, 0) is 18.9 Å². The van der Waals surface area contributed by atoms with Crippen LogP contribution in [0, 0.1) is 35.0 Å². The summed E-state index contributed by atoms with van der Waals surface area (Å²) in [7, 11) is 0. The van der Waals surface area contributed by atoms with E-state index in [4.69, 9.17) is 23.4 Å². The molecule has 4 saturated carbocycles. The molecule has 2 radical (unpaired) electrons. The normalized spacial score (nSPS) is 44.9. The highest BCUT2D eigenvalue weighted by molar-refractivity contribution is 5.60. The zero-order valence-corrected chi connectivity index (χ0v) is 23.2. The molecule has 212 valence electrons. The average Bonchev–Trinajstić information content (AvgIpc) is 3.59. The molecule has 1 spiro atoms. The van der Waals surface area contributed by atoms with Crippen LogP contribution < -0.4 is 5.63 Å². The van der Waals surface area contributed by atoms with Crippen molar-refractivity contribution in [2.24, 2.45) is 28.6 Å². The molecule has 0 N–H and O–H groups in total. The Morgan fingerprint density at radius 3 is 2.74 bits per heavy atom. The molecule has 2 aliphatic heterocycles. The molecule has 6 fully saturated rings. The molecule has 4 aliphatic carbocycles. The Labute approximate surface area is 230 Å². The standard InChI is InChI=1S/C31H41NO7/c1-29-9-7-22(38-28(34)36-16-13-32-11-14-35-15-12-32)17-21(29)4-5-24-23(29)8-10-30(2)25(18-26-31(24,30)39-26)20-3-6-27(33)37-19-20/h3,6,19,21-26H,4-5,7-17H2,1-2H3/t21-,22+,23+,24-,25-,26-,29+,30-,31-/m1/s1. The van der Waals surface area contributed by atoms with E-state index in [0.29, 0.717) is 24.4 Å². The van der Waals surface area contributed by atoms with Gasteiger partial charge in [-0.2, -0.15) is 0 Å². The van der Waals surface area contributed by atoms with Crippen molar-refractivity contribution in [3.8, 4) is 0 Å². The summed E-state index contributed by atoms with van der Waals surface area (Å²) in [6.45, 7) is 9.22. The smallest absolute Gasteiger partial charge is 0.433 e. The molecule has 3 heterocycles. The van der Waals surface area contributed by atoms with E-state index in [-0.39, 0.29) is 40.2 Å². The number of hydrogen-bond acceptors (Lipinski definition) is 8. The van der Waals surface area contributed by atoms with Crippen LogP contribution in [0.2, 0.25) is 0 Å². The predicted molar refractivity (Wildman–Crippen MR) is 141 cm³/mol. The number of fused-ring (bicyclic) bond motifs is 3. The minimum absolute atomic E-state index is 0.0345. The zero-order chi connectivity index (χ0) is 26.8. The van der Waals surface area contributed by atoms with Crippen molar-refractivity contribution in [1.29, 1.82) is 0 Å². The predicted octanol–water partition coefficient (Wildman–Crippen LogP) is 4.44. The Bertz CT molecular complexity index is 1130. The fourth-order valence-corrected chi connectivity index (χ4v) is 9.57. The Kier molecular flexibility index (Phi) is 6.40. The van der Waals surface area contributed by atoms with Gasteiger partial charge in [0, 0.05) is 43.5 Å². The Morgan fingerprint density at radius 1 is 1.10 bits per heavy atom. The number of carbonyl (C=O) groups excluding carboxylic acids is 1. The lowest BCUT2D eigenvalue weighted by Crippen LogP contribution is -2.58. The van der Waals surface area contributed by atoms with Crippen LogP contribution >= 0.6 is 0 Å². The van der Waals surface area contributed by atoms with Crippen molar-refractivity contribution in [2.75, 3.05) is 39.5 Å². The van der Waals surface area contributed by atoms with Gasteiger partial charge < -0.3 is 23.4 Å². The average molecular weight is 540 g/mol. The Balaban J connectivity index is 0.984. The Morgan fingerprint density at radius 2 is 1.95 bits per heavy atom. The van der Waals surface area contributed by atoms with Crippen LogP contribution in [-0.4, -0.2) is 68.3 Å². The number of rotatable bonds is 5. The summed E-state index contributed by atoms with van der Waals surface area (Å²) >= 11 is 0. The van der Waals surface area contributed by atoms with Crippen molar-refractivity contribution in [3.63, 3.8) is 0 Å². The minimum Gasteiger partial charge on any atom is -0.433 e. The van der Waals surface area contributed by atoms with Crippen molar-refractivity contribution in [2.45, 2.75) is 82.5 Å². The lowest BCUT2D eigenvalue weighted by Gasteiger charge is -2.61. The third kappa shape index (κ3) is 4.11. The Hall–Kier alpha value is -1.90. The summed E-state index contributed by atoms with van der Waals surface area (Å²) < 4.78 is 28.4. The molecule has 1 aromatic rings. The number of morpholine rings is 1. The van der Waals surface area contributed by atoms with Gasteiger partial charge >= 0.3 is 11.8 Å². The van der Waals surface area contributed by atoms with Crippen LogP contribution in [0.15, 0.2) is 27.6 Å². The van der Waals surface area contributed by atoms with Crippen molar-refractivity contribution in [3.05, 3.63) is 40.8 Å². The van der Waals surface area contributed by atoms with E-state index in [1.165, 1.54) is 12.5 Å². The van der Waals surface area contributed by atoms with Crippen molar-refractivity contribution >= 4 is 6.16 Å². The van der Waals surface area contributed by atoms with Gasteiger partial charge in [-0.1, -0.05) is 13.8 Å². The van der Waals surface area contributed by atoms with Gasteiger partial charge in [0.2, 0.25) is 0 Å². The van der Waals surface area contributed by atoms with Crippen LogP contribution in [0.25, 0.3) is 0 Å². The monoisotopic (exact) mass is 539 g/mol. The van der Waals surface area contributed by atoms with Gasteiger partial charge in [-0.15, -0.1) is 0 Å². The first kappa shape index (κ1) is 26.0. The molecule has 9 atom stereocenters. The third-order valence-electron chi connectivity index (χ3n) is 11.7. The molecule has 7 rings (SSSR count). The highest BCUT2D eigenvalue weighted by Crippen LogP contribution is 2.77. The number of ether oxygens (including phenoxy) is 4. The van der Waals surface area contributed by atoms with Gasteiger partial charge in [0.25, 0.3) is 0 Å². The number of hydrogen-bond donors (Lipinski definition) is 0. The lowest BCUT2D eigenvalue weighted by molar-refractivity contribution is -0.140. The van der Waals surface area contributed by atoms with Gasteiger partial charge in [-0.25, -0.2) is 9.59 Å². The topological polar surface area (TPSA) is 90.7 Å². The highest BCUT2D eigenvalue weighted by atomic mass is 16.7. The SMILES string of the molecule is C[C@]12CC[C@H](OC(=O)OCCN3CCOCC3)C[C@H]1CC[C@@H]1[C@@H]2CC[C@]2(C)[C@@H](c3ccc(=O)oc3)[C][C@H]3O[C@]132. The summed E-state index contributed by atoms with van der Waals surface area (Å²) in [5.41, 5.74) is 0.775. The second-order valence-corrected chi connectivity index (χ2v) is 13.3. The van der Waals surface area contributed by atoms with Gasteiger partial charge in [0.15, 0.2) is 0 Å². The molecule has 0 bridgehead atoms. The second kappa shape index (κ2) is 9.59. The summed E-state index contributed by atoms with van der Waals surface area (Å²) in [5, 5.41) is 0. The lowest BCUT2D eigenvalue weighted by atomic mass is 9.44. The van der Waals surface area contributed by atoms with E-state index in [1.807, 2.05) is 6.07 Å². The maximum absolute atomic E-state index is 12.5. The first-order chi connectivity index (χ1) is 18.8. The number of carbonyl (C=O) groups is 1. The van der Waals surface area contributed by atoms with Gasteiger partial charge in [0.05, 0.1) is 25.6 Å². The van der Waals surface area contributed by atoms with Crippen LogP contribution in [0.1, 0.15) is 70.3 Å². The van der Waals surface area contributed by atoms with E-state index in [1.54, 1.807) is 6.26 Å². The minimum atomic E-state index is -0.521. The zero-order valence-electron chi connectivity index (χ0n) is 23.2. The first-order valence-electron chi connectivity index (χ1n) is 15.0. The van der Waals surface area contributed by atoms with Crippen LogP contribution in [0.3, 0.4) is 0 Å². The molecule has 8 heteroatoms. The van der Waals surface area contributed by atoms with E-state index in [9.17, 15) is 9.59 Å². The van der Waals surface area contributed by atoms with Crippen LogP contribution in [0.4, 0.5) is 4.79 Å². The molecule has 0 unspecified atom stereocenters. The number of nitrogens with zero attached hydrogens (tertiary/aromatic N) is 1. The van der Waals surface area contributed by atoms with Crippen molar-refractivity contribution < 1.29 is 28.2 Å². The van der Waals surface area contributed by atoms with Gasteiger partial charge in [-0.3, -0.25) is 4.90 Å². The maximum atomic E-state index is 12.5. The molecule has 1 aromatic heterocycles. The van der Waals surface area contributed by atoms with E-state index < -0.39 is 6.16 Å². The fourth-order valence-electron chi connectivity index (χ4n) is 9.57. The molecule has 2 saturated heterocycles.